The van der Waals surface area contributed by atoms with Gasteiger partial charge in [-0.3, -0.25) is 0 Å². The van der Waals surface area contributed by atoms with Gasteiger partial charge in [0.05, 0.1) is 6.10 Å². The van der Waals surface area contributed by atoms with Gasteiger partial charge in [-0.15, -0.1) is 0 Å². The first-order chi connectivity index (χ1) is 3.30. The third-order valence-electron chi connectivity index (χ3n) is 1.35. The first kappa shape index (κ1) is 5.45. The van der Waals surface area contributed by atoms with Gasteiger partial charge >= 0.3 is 0 Å². The molecule has 0 spiro atoms. The first-order valence-corrected chi connectivity index (χ1v) is 3.72. The second-order valence-corrected chi connectivity index (χ2v) is 3.11. The minimum Gasteiger partial charge on any atom is -0.393 e. The fraction of sp³-hybridized carbons (Fsp3) is 1.00. The summed E-state index contributed by atoms with van der Waals surface area (Å²) in [6, 6.07) is 0. The van der Waals surface area contributed by atoms with Crippen molar-refractivity contribution in [1.29, 1.82) is 0 Å². The SMILES string of the molecule is C[C@@H](O)C1CSC1. The predicted molar refractivity (Wildman–Crippen MR) is 32.5 cm³/mol. The van der Waals surface area contributed by atoms with E-state index in [2.05, 4.69) is 0 Å². The maximum atomic E-state index is 8.86. The Morgan fingerprint density at radius 1 is 1.71 bits per heavy atom. The Labute approximate surface area is 48.1 Å². The Bertz CT molecular complexity index is 59.1. The lowest BCUT2D eigenvalue weighted by Crippen LogP contribution is -2.28. The Morgan fingerprint density at radius 2 is 2.29 bits per heavy atom. The van der Waals surface area contributed by atoms with Crippen LogP contribution in [0.5, 0.6) is 0 Å². The van der Waals surface area contributed by atoms with Crippen molar-refractivity contribution in [2.75, 3.05) is 11.5 Å². The smallest absolute Gasteiger partial charge is 0.0556 e. The molecule has 0 saturated carbocycles. The molecule has 1 rings (SSSR count). The maximum Gasteiger partial charge on any atom is 0.0556 e. The van der Waals surface area contributed by atoms with E-state index in [1.807, 2.05) is 18.7 Å². The summed E-state index contributed by atoms with van der Waals surface area (Å²) in [5.74, 6) is 2.93. The molecule has 7 heavy (non-hydrogen) atoms. The zero-order chi connectivity index (χ0) is 5.28. The predicted octanol–water partition coefficient (Wildman–Crippen LogP) is 0.730. The molecule has 1 aliphatic rings. The van der Waals surface area contributed by atoms with Gasteiger partial charge in [0.15, 0.2) is 0 Å². The zero-order valence-corrected chi connectivity index (χ0v) is 5.24. The summed E-state index contributed by atoms with van der Waals surface area (Å²) in [4.78, 5) is 0. The monoisotopic (exact) mass is 118 g/mol. The molecular formula is C5H10OS. The van der Waals surface area contributed by atoms with Crippen LogP contribution >= 0.6 is 11.8 Å². The molecule has 1 nitrogen and oxygen atoms in total. The molecule has 0 aromatic carbocycles. The van der Waals surface area contributed by atoms with Gasteiger partial charge in [0.25, 0.3) is 0 Å². The van der Waals surface area contributed by atoms with Crippen molar-refractivity contribution < 1.29 is 5.11 Å². The Kier molecular flexibility index (Phi) is 1.60. The van der Waals surface area contributed by atoms with E-state index in [0.717, 1.165) is 11.5 Å². The topological polar surface area (TPSA) is 20.2 Å². The molecule has 0 bridgehead atoms. The third kappa shape index (κ3) is 1.10. The highest BCUT2D eigenvalue weighted by atomic mass is 32.2. The molecule has 1 aliphatic heterocycles. The lowest BCUT2D eigenvalue weighted by atomic mass is 10.1. The van der Waals surface area contributed by atoms with Crippen molar-refractivity contribution >= 4 is 11.8 Å². The van der Waals surface area contributed by atoms with Crippen LogP contribution in [0.4, 0.5) is 0 Å². The van der Waals surface area contributed by atoms with Crippen molar-refractivity contribution in [3.63, 3.8) is 0 Å². The zero-order valence-electron chi connectivity index (χ0n) is 4.42. The number of aliphatic hydroxyl groups excluding tert-OH is 1. The summed E-state index contributed by atoms with van der Waals surface area (Å²) in [6.45, 7) is 1.87. The number of hydrogen-bond acceptors (Lipinski definition) is 2. The molecule has 0 aromatic rings. The largest absolute Gasteiger partial charge is 0.393 e. The van der Waals surface area contributed by atoms with E-state index in [1.54, 1.807) is 0 Å². The van der Waals surface area contributed by atoms with E-state index >= 15 is 0 Å². The highest BCUT2D eigenvalue weighted by Gasteiger charge is 2.22. The van der Waals surface area contributed by atoms with Gasteiger partial charge in [0.1, 0.15) is 0 Å². The van der Waals surface area contributed by atoms with E-state index < -0.39 is 0 Å². The highest BCUT2D eigenvalue weighted by Crippen LogP contribution is 2.26. The summed E-state index contributed by atoms with van der Waals surface area (Å²) in [5.41, 5.74) is 0. The second-order valence-electron chi connectivity index (χ2n) is 2.04. The third-order valence-corrected chi connectivity index (χ3v) is 2.67. The number of aliphatic hydroxyl groups is 1. The minimum absolute atomic E-state index is 0.0683. The van der Waals surface area contributed by atoms with Crippen LogP contribution in [-0.2, 0) is 0 Å². The number of thioether (sulfide) groups is 1. The van der Waals surface area contributed by atoms with E-state index in [1.165, 1.54) is 0 Å². The summed E-state index contributed by atoms with van der Waals surface area (Å²) < 4.78 is 0. The average Bonchev–Trinajstić information content (AvgIpc) is 1.23. The normalized spacial score (nSPS) is 26.6. The molecule has 1 saturated heterocycles. The van der Waals surface area contributed by atoms with Gasteiger partial charge in [-0.1, -0.05) is 0 Å². The van der Waals surface area contributed by atoms with Gasteiger partial charge < -0.3 is 5.11 Å². The second kappa shape index (κ2) is 2.05. The summed E-state index contributed by atoms with van der Waals surface area (Å²) in [5, 5.41) is 8.86. The molecule has 0 unspecified atom stereocenters. The molecule has 1 atom stereocenters. The van der Waals surface area contributed by atoms with Gasteiger partial charge in [-0.25, -0.2) is 0 Å². The van der Waals surface area contributed by atoms with Gasteiger partial charge in [0, 0.05) is 5.92 Å². The lowest BCUT2D eigenvalue weighted by Gasteiger charge is -2.26. The molecule has 1 fully saturated rings. The summed E-state index contributed by atoms with van der Waals surface area (Å²) >= 11 is 1.91. The molecule has 0 aromatic heterocycles. The van der Waals surface area contributed by atoms with Crippen LogP contribution in [0.3, 0.4) is 0 Å². The fourth-order valence-electron chi connectivity index (χ4n) is 0.532. The fourth-order valence-corrected chi connectivity index (χ4v) is 1.60. The van der Waals surface area contributed by atoms with Crippen molar-refractivity contribution in [2.45, 2.75) is 13.0 Å². The van der Waals surface area contributed by atoms with Crippen molar-refractivity contribution in [3.8, 4) is 0 Å². The molecular weight excluding hydrogens is 108 g/mol. The maximum absolute atomic E-state index is 8.86. The Morgan fingerprint density at radius 3 is 2.29 bits per heavy atom. The molecule has 2 heteroatoms. The molecule has 0 radical (unpaired) electrons. The Hall–Kier alpha value is 0.310. The van der Waals surface area contributed by atoms with Crippen LogP contribution in [0.15, 0.2) is 0 Å². The first-order valence-electron chi connectivity index (χ1n) is 2.56. The Balaban J connectivity index is 2.14. The van der Waals surface area contributed by atoms with Crippen molar-refractivity contribution in [3.05, 3.63) is 0 Å². The quantitative estimate of drug-likeness (QED) is 0.547. The van der Waals surface area contributed by atoms with Gasteiger partial charge in [0.2, 0.25) is 0 Å². The molecule has 1 N–H and O–H groups in total. The van der Waals surface area contributed by atoms with Crippen LogP contribution in [0, 0.1) is 5.92 Å². The summed E-state index contributed by atoms with van der Waals surface area (Å²) in [6.07, 6.45) is -0.0683. The standard InChI is InChI=1S/C5H10OS/c1-4(6)5-2-7-3-5/h4-6H,2-3H2,1H3/t4-/m1/s1. The van der Waals surface area contributed by atoms with E-state index in [9.17, 15) is 0 Å². The molecule has 0 amide bonds. The van der Waals surface area contributed by atoms with E-state index in [4.69, 9.17) is 5.11 Å². The van der Waals surface area contributed by atoms with Crippen LogP contribution in [0.1, 0.15) is 6.92 Å². The lowest BCUT2D eigenvalue weighted by molar-refractivity contribution is 0.144. The average molecular weight is 118 g/mol. The molecule has 1 heterocycles. The van der Waals surface area contributed by atoms with Crippen LogP contribution in [-0.4, -0.2) is 22.7 Å². The van der Waals surface area contributed by atoms with Crippen molar-refractivity contribution in [1.82, 2.24) is 0 Å². The van der Waals surface area contributed by atoms with Crippen LogP contribution in [0.25, 0.3) is 0 Å². The van der Waals surface area contributed by atoms with Crippen LogP contribution < -0.4 is 0 Å². The van der Waals surface area contributed by atoms with Gasteiger partial charge in [-0.2, -0.15) is 11.8 Å². The molecule has 0 aliphatic carbocycles. The number of rotatable bonds is 1. The highest BCUT2D eigenvalue weighted by molar-refractivity contribution is 8.00. The minimum atomic E-state index is -0.0683. The molecule has 42 valence electrons. The van der Waals surface area contributed by atoms with Crippen LogP contribution in [0.2, 0.25) is 0 Å². The van der Waals surface area contributed by atoms with Gasteiger partial charge in [-0.05, 0) is 18.4 Å². The number of hydrogen-bond donors (Lipinski definition) is 1. The van der Waals surface area contributed by atoms with E-state index in [0.29, 0.717) is 5.92 Å². The summed E-state index contributed by atoms with van der Waals surface area (Å²) in [7, 11) is 0. The van der Waals surface area contributed by atoms with Crippen molar-refractivity contribution in [2.24, 2.45) is 5.92 Å². The van der Waals surface area contributed by atoms with E-state index in [-0.39, 0.29) is 6.10 Å².